The van der Waals surface area contributed by atoms with Crippen LogP contribution in [0.15, 0.2) is 58.2 Å². The number of benzene rings is 2. The van der Waals surface area contributed by atoms with Crippen LogP contribution in [0.5, 0.6) is 0 Å². The fraction of sp³-hybridized carbons (Fsp3) is 0.190. The number of carbonyl (C=O) groups excluding carboxylic acids is 1. The number of rotatable bonds is 3. The third kappa shape index (κ3) is 3.93. The van der Waals surface area contributed by atoms with E-state index in [0.717, 1.165) is 6.07 Å². The monoisotopic (exact) mass is 440 g/mol. The lowest BCUT2D eigenvalue weighted by molar-refractivity contribution is 0.0699. The van der Waals surface area contributed by atoms with Gasteiger partial charge in [-0.1, -0.05) is 0 Å². The summed E-state index contributed by atoms with van der Waals surface area (Å²) >= 11 is 0. The molecule has 0 atom stereocenters. The van der Waals surface area contributed by atoms with Gasteiger partial charge in [0.2, 0.25) is 15.6 Å². The highest BCUT2D eigenvalue weighted by Gasteiger charge is 2.31. The molecular formula is C21H17FN4O4S. The molecular weight excluding hydrogens is 423 g/mol. The number of aromatic nitrogens is 1. The highest BCUT2D eigenvalue weighted by Crippen LogP contribution is 2.21. The molecule has 2 aromatic carbocycles. The van der Waals surface area contributed by atoms with E-state index in [-0.39, 0.29) is 42.0 Å². The first-order chi connectivity index (χ1) is 14.8. The van der Waals surface area contributed by atoms with Crippen LogP contribution in [0.1, 0.15) is 15.9 Å². The number of sulfonamides is 1. The number of aromatic amines is 1. The maximum absolute atomic E-state index is 13.7. The fourth-order valence-electron chi connectivity index (χ4n) is 3.56. The predicted octanol–water partition coefficient (Wildman–Crippen LogP) is 1.69. The number of nitriles is 1. The molecule has 0 bridgehead atoms. The second-order valence-electron chi connectivity index (χ2n) is 7.07. The van der Waals surface area contributed by atoms with E-state index in [1.165, 1.54) is 51.7 Å². The smallest absolute Gasteiger partial charge is 0.254 e. The van der Waals surface area contributed by atoms with Gasteiger partial charge in [-0.25, -0.2) is 12.8 Å². The second-order valence-corrected chi connectivity index (χ2v) is 9.01. The van der Waals surface area contributed by atoms with Gasteiger partial charge in [0.15, 0.2) is 0 Å². The first-order valence-corrected chi connectivity index (χ1v) is 10.9. The summed E-state index contributed by atoms with van der Waals surface area (Å²) in [6, 6.07) is 12.5. The Morgan fingerprint density at radius 2 is 1.71 bits per heavy atom. The van der Waals surface area contributed by atoms with Gasteiger partial charge in [-0.3, -0.25) is 9.59 Å². The molecule has 1 aliphatic rings. The summed E-state index contributed by atoms with van der Waals surface area (Å²) < 4.78 is 40.7. The number of fused-ring (bicyclic) bond motifs is 1. The van der Waals surface area contributed by atoms with E-state index in [2.05, 4.69) is 4.98 Å². The van der Waals surface area contributed by atoms with Crippen molar-refractivity contribution in [2.24, 2.45) is 0 Å². The Hall–Kier alpha value is -3.55. The van der Waals surface area contributed by atoms with Gasteiger partial charge < -0.3 is 9.88 Å². The lowest BCUT2D eigenvalue weighted by Gasteiger charge is -2.34. The average molecular weight is 440 g/mol. The quantitative estimate of drug-likeness (QED) is 0.666. The number of pyridine rings is 1. The molecule has 1 saturated heterocycles. The lowest BCUT2D eigenvalue weighted by Crippen LogP contribution is -2.50. The van der Waals surface area contributed by atoms with Crippen molar-refractivity contribution in [3.63, 3.8) is 0 Å². The first kappa shape index (κ1) is 20.7. The minimum atomic E-state index is -3.77. The molecule has 4 rings (SSSR count). The Labute approximate surface area is 177 Å². The molecule has 31 heavy (non-hydrogen) atoms. The summed E-state index contributed by atoms with van der Waals surface area (Å²) in [5.74, 6) is -0.996. The highest BCUT2D eigenvalue weighted by atomic mass is 32.2. The van der Waals surface area contributed by atoms with Gasteiger partial charge in [0.1, 0.15) is 5.82 Å². The molecule has 0 aliphatic carbocycles. The van der Waals surface area contributed by atoms with Crippen LogP contribution in [-0.4, -0.2) is 54.7 Å². The Morgan fingerprint density at radius 3 is 2.35 bits per heavy atom. The standard InChI is InChI=1S/C21H17FN4O4S/c22-15-3-6-19-17(11-15)18(12-20(27)24-19)21(28)25-7-9-26(10-8-25)31(29,30)16-4-1-14(13-23)2-5-16/h1-6,11-12H,7-10H2,(H,24,27). The van der Waals surface area contributed by atoms with Crippen molar-refractivity contribution in [1.82, 2.24) is 14.2 Å². The molecule has 1 fully saturated rings. The number of piperazine rings is 1. The van der Waals surface area contributed by atoms with E-state index < -0.39 is 27.3 Å². The van der Waals surface area contributed by atoms with E-state index >= 15 is 0 Å². The number of H-pyrrole nitrogens is 1. The van der Waals surface area contributed by atoms with Crippen LogP contribution in [0.25, 0.3) is 10.9 Å². The van der Waals surface area contributed by atoms with Crippen molar-refractivity contribution in [2.75, 3.05) is 26.2 Å². The zero-order chi connectivity index (χ0) is 22.2. The molecule has 0 saturated carbocycles. The molecule has 1 aliphatic heterocycles. The molecule has 0 unspecified atom stereocenters. The Bertz CT molecular complexity index is 1370. The maximum atomic E-state index is 13.7. The normalized spacial score (nSPS) is 15.0. The average Bonchev–Trinajstić information content (AvgIpc) is 2.78. The number of nitrogens with one attached hydrogen (secondary N) is 1. The molecule has 2 heterocycles. The summed E-state index contributed by atoms with van der Waals surface area (Å²) in [5.41, 5.74) is 0.293. The van der Waals surface area contributed by atoms with Crippen LogP contribution in [0, 0.1) is 17.1 Å². The molecule has 1 aromatic heterocycles. The Balaban J connectivity index is 1.54. The van der Waals surface area contributed by atoms with Crippen molar-refractivity contribution < 1.29 is 17.6 Å². The summed E-state index contributed by atoms with van der Waals surface area (Å²) in [6.07, 6.45) is 0. The summed E-state index contributed by atoms with van der Waals surface area (Å²) in [4.78, 5) is 29.0. The zero-order valence-electron chi connectivity index (χ0n) is 16.2. The minimum Gasteiger partial charge on any atom is -0.336 e. The number of carbonyl (C=O) groups is 1. The number of halogens is 1. The molecule has 0 radical (unpaired) electrons. The molecule has 3 aromatic rings. The van der Waals surface area contributed by atoms with Gasteiger partial charge in [0, 0.05) is 43.1 Å². The molecule has 8 nitrogen and oxygen atoms in total. The number of hydrogen-bond acceptors (Lipinski definition) is 5. The second kappa shape index (κ2) is 7.94. The molecule has 0 spiro atoms. The van der Waals surface area contributed by atoms with Gasteiger partial charge in [0.25, 0.3) is 5.91 Å². The Morgan fingerprint density at radius 1 is 1.03 bits per heavy atom. The number of nitrogens with zero attached hydrogens (tertiary/aromatic N) is 3. The first-order valence-electron chi connectivity index (χ1n) is 9.42. The van der Waals surface area contributed by atoms with E-state index in [1.807, 2.05) is 6.07 Å². The number of hydrogen-bond donors (Lipinski definition) is 1. The predicted molar refractivity (Wildman–Crippen MR) is 110 cm³/mol. The van der Waals surface area contributed by atoms with Crippen molar-refractivity contribution in [2.45, 2.75) is 4.90 Å². The van der Waals surface area contributed by atoms with Crippen LogP contribution in [0.2, 0.25) is 0 Å². The van der Waals surface area contributed by atoms with Crippen molar-refractivity contribution in [3.05, 3.63) is 75.8 Å². The largest absolute Gasteiger partial charge is 0.336 e. The SMILES string of the molecule is N#Cc1ccc(S(=O)(=O)N2CCN(C(=O)c3cc(=O)[nH]c4ccc(F)cc34)CC2)cc1. The molecule has 10 heteroatoms. The third-order valence-corrected chi connectivity index (χ3v) is 7.10. The summed E-state index contributed by atoms with van der Waals surface area (Å²) in [5, 5.41) is 9.15. The summed E-state index contributed by atoms with van der Waals surface area (Å²) in [7, 11) is -3.77. The van der Waals surface area contributed by atoms with Crippen LogP contribution in [0.3, 0.4) is 0 Å². The maximum Gasteiger partial charge on any atom is 0.254 e. The van der Waals surface area contributed by atoms with E-state index in [1.54, 1.807) is 0 Å². The number of amides is 1. The molecule has 1 amide bonds. The van der Waals surface area contributed by atoms with Crippen LogP contribution < -0.4 is 5.56 Å². The van der Waals surface area contributed by atoms with Gasteiger partial charge in [-0.05, 0) is 42.5 Å². The van der Waals surface area contributed by atoms with Crippen molar-refractivity contribution in [3.8, 4) is 6.07 Å². The lowest BCUT2D eigenvalue weighted by atomic mass is 10.1. The fourth-order valence-corrected chi connectivity index (χ4v) is 4.98. The van der Waals surface area contributed by atoms with E-state index in [9.17, 15) is 22.4 Å². The topological polar surface area (TPSA) is 114 Å². The van der Waals surface area contributed by atoms with E-state index in [0.29, 0.717) is 11.1 Å². The minimum absolute atomic E-state index is 0.0710. The van der Waals surface area contributed by atoms with Crippen LogP contribution >= 0.6 is 0 Å². The van der Waals surface area contributed by atoms with Gasteiger partial charge in [-0.2, -0.15) is 9.57 Å². The van der Waals surface area contributed by atoms with Gasteiger partial charge >= 0.3 is 0 Å². The van der Waals surface area contributed by atoms with Gasteiger partial charge in [-0.15, -0.1) is 0 Å². The van der Waals surface area contributed by atoms with Crippen LogP contribution in [0.4, 0.5) is 4.39 Å². The highest BCUT2D eigenvalue weighted by molar-refractivity contribution is 7.89. The van der Waals surface area contributed by atoms with Crippen molar-refractivity contribution >= 4 is 26.8 Å². The third-order valence-electron chi connectivity index (χ3n) is 5.18. The Kier molecular flexibility index (Phi) is 5.31. The summed E-state index contributed by atoms with van der Waals surface area (Å²) in [6.45, 7) is 0.392. The zero-order valence-corrected chi connectivity index (χ0v) is 17.0. The van der Waals surface area contributed by atoms with Crippen molar-refractivity contribution in [1.29, 1.82) is 5.26 Å². The van der Waals surface area contributed by atoms with Crippen LogP contribution in [-0.2, 0) is 10.0 Å². The molecule has 1 N–H and O–H groups in total. The van der Waals surface area contributed by atoms with E-state index in [4.69, 9.17) is 5.26 Å². The van der Waals surface area contributed by atoms with Gasteiger partial charge in [0.05, 0.1) is 22.1 Å². The molecule has 158 valence electrons.